The van der Waals surface area contributed by atoms with Crippen LogP contribution in [-0.4, -0.2) is 26.9 Å². The molecular formula is C14H12FN7O3. The van der Waals surface area contributed by atoms with E-state index in [1.54, 1.807) is 0 Å². The standard InChI is InChI=1S/C14H12FN7O3/c1-2-6-3-10(7(14(24)25)4-9(6)15)19-13(23)8-5-11(16)21-22(18)12(8)20-17/h1,3-5H,17-18H2,(H2,16,21)(H,19,23)(H,24,25)/b20-12-. The van der Waals surface area contributed by atoms with Gasteiger partial charge in [-0.15, -0.1) is 11.5 Å². The number of rotatable bonds is 3. The van der Waals surface area contributed by atoms with E-state index in [4.69, 9.17) is 28.9 Å². The Morgan fingerprint density at radius 3 is 2.60 bits per heavy atom. The predicted octanol–water partition coefficient (Wildman–Crippen LogP) is -0.976. The summed E-state index contributed by atoms with van der Waals surface area (Å²) in [5.41, 5.74) is 4.15. The molecule has 0 aliphatic carbocycles. The molecule has 8 N–H and O–H groups in total. The smallest absolute Gasteiger partial charge is 0.337 e. The molecule has 0 aliphatic rings. The van der Waals surface area contributed by atoms with Gasteiger partial charge < -0.3 is 27.8 Å². The van der Waals surface area contributed by atoms with E-state index < -0.39 is 23.3 Å². The molecule has 25 heavy (non-hydrogen) atoms. The van der Waals surface area contributed by atoms with Gasteiger partial charge in [0.1, 0.15) is 11.6 Å². The van der Waals surface area contributed by atoms with Crippen LogP contribution in [-0.2, 0) is 0 Å². The van der Waals surface area contributed by atoms with Gasteiger partial charge in [-0.05, 0) is 18.2 Å². The minimum atomic E-state index is -1.47. The van der Waals surface area contributed by atoms with Crippen molar-refractivity contribution in [3.8, 4) is 12.3 Å². The molecule has 0 atom stereocenters. The van der Waals surface area contributed by atoms with Crippen LogP contribution in [0.1, 0.15) is 26.3 Å². The van der Waals surface area contributed by atoms with Crippen molar-refractivity contribution in [3.63, 3.8) is 0 Å². The first-order valence-corrected chi connectivity index (χ1v) is 6.52. The number of carboxylic acid groups (broad SMARTS) is 1. The van der Waals surface area contributed by atoms with Gasteiger partial charge in [-0.2, -0.15) is 9.89 Å². The monoisotopic (exact) mass is 345 g/mol. The summed E-state index contributed by atoms with van der Waals surface area (Å²) in [6, 6.07) is 2.85. The van der Waals surface area contributed by atoms with Crippen molar-refractivity contribution in [2.45, 2.75) is 0 Å². The van der Waals surface area contributed by atoms with Crippen molar-refractivity contribution in [3.05, 3.63) is 46.2 Å². The molecule has 10 nitrogen and oxygen atoms in total. The van der Waals surface area contributed by atoms with Crippen LogP contribution in [0.15, 0.2) is 23.3 Å². The lowest BCUT2D eigenvalue weighted by molar-refractivity contribution is 0.0697. The summed E-state index contributed by atoms with van der Waals surface area (Å²) in [4.78, 5) is 24.4. The van der Waals surface area contributed by atoms with Crippen molar-refractivity contribution in [2.75, 3.05) is 16.9 Å². The number of nitrogens with two attached hydrogens (primary N) is 3. The maximum absolute atomic E-state index is 13.7. The Morgan fingerprint density at radius 1 is 1.36 bits per heavy atom. The second-order valence-electron chi connectivity index (χ2n) is 4.66. The van der Waals surface area contributed by atoms with Gasteiger partial charge in [0, 0.05) is 0 Å². The Balaban J connectivity index is 2.56. The van der Waals surface area contributed by atoms with Crippen molar-refractivity contribution in [1.82, 2.24) is 9.89 Å². The van der Waals surface area contributed by atoms with Gasteiger partial charge >= 0.3 is 5.97 Å². The van der Waals surface area contributed by atoms with Gasteiger partial charge in [0.05, 0.1) is 22.4 Å². The zero-order chi connectivity index (χ0) is 18.7. The Kier molecular flexibility index (Phi) is 4.55. The largest absolute Gasteiger partial charge is 0.478 e. The minimum absolute atomic E-state index is 0.109. The summed E-state index contributed by atoms with van der Waals surface area (Å²) < 4.78 is 13.7. The number of nitrogens with zero attached hydrogens (tertiary/aromatic N) is 3. The second-order valence-corrected chi connectivity index (χ2v) is 4.66. The average Bonchev–Trinajstić information content (AvgIpc) is 2.55. The summed E-state index contributed by atoms with van der Waals surface area (Å²) in [7, 11) is 0. The molecule has 0 aliphatic heterocycles. The number of anilines is 2. The van der Waals surface area contributed by atoms with Gasteiger partial charge in [-0.1, -0.05) is 5.92 Å². The van der Waals surface area contributed by atoms with Gasteiger partial charge in [0.15, 0.2) is 0 Å². The number of halogens is 1. The fourth-order valence-electron chi connectivity index (χ4n) is 1.99. The third kappa shape index (κ3) is 3.32. The molecule has 0 bridgehead atoms. The van der Waals surface area contributed by atoms with Gasteiger partial charge in [0.2, 0.25) is 5.49 Å². The summed E-state index contributed by atoms with van der Waals surface area (Å²) in [6.45, 7) is 0. The highest BCUT2D eigenvalue weighted by molar-refractivity contribution is 6.08. The highest BCUT2D eigenvalue weighted by Crippen LogP contribution is 2.21. The first kappa shape index (κ1) is 17.3. The molecule has 0 saturated heterocycles. The Morgan fingerprint density at radius 2 is 2.04 bits per heavy atom. The third-order valence-corrected chi connectivity index (χ3v) is 3.08. The van der Waals surface area contributed by atoms with Crippen molar-refractivity contribution >= 4 is 23.4 Å². The van der Waals surface area contributed by atoms with E-state index >= 15 is 0 Å². The molecule has 0 radical (unpaired) electrons. The number of nitrogen functional groups attached to an aromatic ring is 2. The highest BCUT2D eigenvalue weighted by Gasteiger charge is 2.19. The molecule has 1 aromatic heterocycles. The number of hydrogen-bond acceptors (Lipinski definition) is 7. The third-order valence-electron chi connectivity index (χ3n) is 3.08. The van der Waals surface area contributed by atoms with E-state index in [9.17, 15) is 14.0 Å². The number of carbonyl (C=O) groups is 2. The SMILES string of the molecule is C#Cc1cc(NC(=O)c2cc(N)nn(N)/c2=N\N)c(C(=O)O)cc1F. The number of terminal acetylenes is 1. The quantitative estimate of drug-likeness (QED) is 0.270. The number of amides is 1. The van der Waals surface area contributed by atoms with Crippen LogP contribution >= 0.6 is 0 Å². The molecule has 0 unspecified atom stereocenters. The lowest BCUT2D eigenvalue weighted by Gasteiger charge is -2.11. The summed E-state index contributed by atoms with van der Waals surface area (Å²) in [6.07, 6.45) is 5.15. The fraction of sp³-hybridized carbons (Fsp3) is 0. The molecule has 0 spiro atoms. The molecule has 1 amide bonds. The van der Waals surface area contributed by atoms with E-state index in [1.807, 2.05) is 5.92 Å². The van der Waals surface area contributed by atoms with Crippen LogP contribution in [0.25, 0.3) is 0 Å². The summed E-state index contributed by atoms with van der Waals surface area (Å²) in [5, 5.41) is 18.4. The average molecular weight is 345 g/mol. The molecule has 0 saturated carbocycles. The molecule has 2 rings (SSSR count). The minimum Gasteiger partial charge on any atom is -0.478 e. The van der Waals surface area contributed by atoms with Crippen LogP contribution in [0.2, 0.25) is 0 Å². The van der Waals surface area contributed by atoms with Gasteiger partial charge in [-0.25, -0.2) is 9.18 Å². The van der Waals surface area contributed by atoms with Gasteiger partial charge in [0.25, 0.3) is 5.91 Å². The number of aromatic carboxylic acids is 1. The zero-order valence-corrected chi connectivity index (χ0v) is 12.5. The summed E-state index contributed by atoms with van der Waals surface area (Å²) in [5.74, 6) is 9.38. The molecule has 11 heteroatoms. The number of carbonyl (C=O) groups excluding carboxylic acids is 1. The van der Waals surface area contributed by atoms with E-state index in [0.717, 1.165) is 12.1 Å². The van der Waals surface area contributed by atoms with E-state index in [-0.39, 0.29) is 28.1 Å². The first-order valence-electron chi connectivity index (χ1n) is 6.52. The van der Waals surface area contributed by atoms with E-state index in [2.05, 4.69) is 15.5 Å². The van der Waals surface area contributed by atoms with Crippen LogP contribution in [0.3, 0.4) is 0 Å². The first-order chi connectivity index (χ1) is 11.8. The maximum atomic E-state index is 13.7. The van der Waals surface area contributed by atoms with E-state index in [0.29, 0.717) is 10.9 Å². The van der Waals surface area contributed by atoms with Crippen molar-refractivity contribution < 1.29 is 19.1 Å². The number of benzene rings is 1. The maximum Gasteiger partial charge on any atom is 0.337 e. The molecular weight excluding hydrogens is 333 g/mol. The van der Waals surface area contributed by atoms with Crippen LogP contribution in [0, 0.1) is 18.2 Å². The Hall–Kier alpha value is -4.07. The summed E-state index contributed by atoms with van der Waals surface area (Å²) >= 11 is 0. The van der Waals surface area contributed by atoms with Crippen LogP contribution in [0.4, 0.5) is 15.9 Å². The molecule has 2 aromatic rings. The fourth-order valence-corrected chi connectivity index (χ4v) is 1.99. The second kappa shape index (κ2) is 6.59. The van der Waals surface area contributed by atoms with Crippen molar-refractivity contribution in [1.29, 1.82) is 0 Å². The molecule has 0 fully saturated rings. The molecule has 1 aromatic carbocycles. The van der Waals surface area contributed by atoms with Crippen molar-refractivity contribution in [2.24, 2.45) is 10.9 Å². The van der Waals surface area contributed by atoms with E-state index in [1.165, 1.54) is 0 Å². The zero-order valence-electron chi connectivity index (χ0n) is 12.5. The topological polar surface area (TPSA) is 175 Å². The predicted molar refractivity (Wildman–Crippen MR) is 85.8 cm³/mol. The lowest BCUT2D eigenvalue weighted by atomic mass is 10.1. The number of hydrogen-bond donors (Lipinski definition) is 5. The number of nitrogens with one attached hydrogen (secondary N) is 1. The number of aromatic nitrogens is 2. The van der Waals surface area contributed by atoms with Gasteiger partial charge in [-0.3, -0.25) is 4.79 Å². The van der Waals surface area contributed by atoms with Crippen LogP contribution < -0.4 is 28.2 Å². The molecule has 128 valence electrons. The Labute approximate surface area is 139 Å². The highest BCUT2D eigenvalue weighted by atomic mass is 19.1. The normalized spacial score (nSPS) is 11.0. The van der Waals surface area contributed by atoms with Crippen LogP contribution in [0.5, 0.6) is 0 Å². The lowest BCUT2D eigenvalue weighted by Crippen LogP contribution is -2.38. The number of carboxylic acids is 1. The Bertz CT molecular complexity index is 991. The molecule has 1 heterocycles.